The van der Waals surface area contributed by atoms with Gasteiger partial charge in [-0.25, -0.2) is 14.2 Å². The summed E-state index contributed by atoms with van der Waals surface area (Å²) in [6, 6.07) is 12.4. The maximum Gasteiger partial charge on any atom is 0.358 e. The minimum Gasteiger partial charge on any atom is -0.487 e. The van der Waals surface area contributed by atoms with E-state index in [2.05, 4.69) is 9.97 Å². The Bertz CT molecular complexity index is 989. The second-order valence-corrected chi connectivity index (χ2v) is 7.34. The van der Waals surface area contributed by atoms with E-state index < -0.39 is 11.8 Å². The van der Waals surface area contributed by atoms with Gasteiger partial charge in [-0.15, -0.1) is 0 Å². The molecule has 0 spiro atoms. The van der Waals surface area contributed by atoms with Gasteiger partial charge in [-0.3, -0.25) is 4.98 Å². The van der Waals surface area contributed by atoms with Gasteiger partial charge in [0, 0.05) is 29.5 Å². The Labute approximate surface area is 177 Å². The Morgan fingerprint density at radius 1 is 1.10 bits per heavy atom. The Morgan fingerprint density at radius 2 is 1.86 bits per heavy atom. The fourth-order valence-electron chi connectivity index (χ4n) is 2.58. The first kappa shape index (κ1) is 21.1. The lowest BCUT2D eigenvalue weighted by atomic mass is 10.2. The van der Waals surface area contributed by atoms with Crippen molar-refractivity contribution in [3.05, 3.63) is 88.2 Å². The van der Waals surface area contributed by atoms with Gasteiger partial charge in [0.25, 0.3) is 0 Å². The van der Waals surface area contributed by atoms with E-state index >= 15 is 0 Å². The van der Waals surface area contributed by atoms with Crippen LogP contribution in [0.5, 0.6) is 5.75 Å². The van der Waals surface area contributed by atoms with E-state index in [9.17, 15) is 9.18 Å². The average Bonchev–Trinajstić information content (AvgIpc) is 2.76. The molecule has 1 heterocycles. The minimum absolute atomic E-state index is 0.148. The molecule has 0 unspecified atom stereocenters. The standard InChI is InChI=1S/C21H18ClFN2O3S/c1-27-21(26)19-18(24-9-10-25-19)13-29-12-15-17(23)8-7-16(22)20(15)28-11-14-5-3-2-4-6-14/h2-10H,11-13H2,1H3. The molecule has 5 nitrogen and oxygen atoms in total. The maximum atomic E-state index is 14.5. The van der Waals surface area contributed by atoms with Crippen molar-refractivity contribution in [2.75, 3.05) is 7.11 Å². The molecule has 0 fully saturated rings. The first-order valence-electron chi connectivity index (χ1n) is 8.69. The molecule has 29 heavy (non-hydrogen) atoms. The summed E-state index contributed by atoms with van der Waals surface area (Å²) in [5.74, 6) is -0.0158. The number of halogens is 2. The van der Waals surface area contributed by atoms with Crippen molar-refractivity contribution in [3.8, 4) is 5.75 Å². The van der Waals surface area contributed by atoms with E-state index in [1.165, 1.54) is 43.4 Å². The molecule has 0 N–H and O–H groups in total. The van der Waals surface area contributed by atoms with Crippen LogP contribution in [-0.2, 0) is 22.8 Å². The molecule has 0 aliphatic carbocycles. The van der Waals surface area contributed by atoms with E-state index in [1.54, 1.807) is 0 Å². The van der Waals surface area contributed by atoms with Crippen molar-refractivity contribution >= 4 is 29.3 Å². The topological polar surface area (TPSA) is 61.3 Å². The summed E-state index contributed by atoms with van der Waals surface area (Å²) in [4.78, 5) is 20.0. The Kier molecular flexibility index (Phi) is 7.43. The Hall–Kier alpha value is -2.64. The van der Waals surface area contributed by atoms with Crippen molar-refractivity contribution in [2.45, 2.75) is 18.1 Å². The highest BCUT2D eigenvalue weighted by atomic mass is 35.5. The van der Waals surface area contributed by atoms with Crippen LogP contribution in [0.1, 0.15) is 27.3 Å². The lowest BCUT2D eigenvalue weighted by Crippen LogP contribution is -2.09. The van der Waals surface area contributed by atoms with Gasteiger partial charge in [-0.05, 0) is 17.7 Å². The molecular weight excluding hydrogens is 415 g/mol. The molecule has 3 aromatic rings. The van der Waals surface area contributed by atoms with E-state index in [4.69, 9.17) is 21.1 Å². The number of benzene rings is 2. The van der Waals surface area contributed by atoms with Crippen LogP contribution in [0.3, 0.4) is 0 Å². The van der Waals surface area contributed by atoms with Gasteiger partial charge in [0.1, 0.15) is 18.2 Å². The summed E-state index contributed by atoms with van der Waals surface area (Å²) < 4.78 is 25.0. The zero-order chi connectivity index (χ0) is 20.6. The van der Waals surface area contributed by atoms with Crippen molar-refractivity contribution in [1.82, 2.24) is 9.97 Å². The number of hydrogen-bond acceptors (Lipinski definition) is 6. The summed E-state index contributed by atoms with van der Waals surface area (Å²) in [5, 5.41) is 0.340. The van der Waals surface area contributed by atoms with E-state index in [-0.39, 0.29) is 18.1 Å². The molecule has 0 radical (unpaired) electrons. The molecular formula is C21H18ClFN2O3S. The fourth-order valence-corrected chi connectivity index (χ4v) is 3.80. The molecule has 2 aromatic carbocycles. The zero-order valence-corrected chi connectivity index (χ0v) is 17.2. The molecule has 0 bridgehead atoms. The Morgan fingerprint density at radius 3 is 2.62 bits per heavy atom. The largest absolute Gasteiger partial charge is 0.487 e. The zero-order valence-electron chi connectivity index (χ0n) is 15.6. The second kappa shape index (κ2) is 10.2. The lowest BCUT2D eigenvalue weighted by molar-refractivity contribution is 0.0592. The number of hydrogen-bond donors (Lipinski definition) is 0. The van der Waals surface area contributed by atoms with Gasteiger partial charge in [0.05, 0.1) is 17.8 Å². The minimum atomic E-state index is -0.561. The van der Waals surface area contributed by atoms with Gasteiger partial charge in [0.2, 0.25) is 0 Å². The van der Waals surface area contributed by atoms with Crippen LogP contribution in [-0.4, -0.2) is 23.0 Å². The number of thioether (sulfide) groups is 1. The highest BCUT2D eigenvalue weighted by Crippen LogP contribution is 2.34. The molecule has 3 rings (SSSR count). The third kappa shape index (κ3) is 5.46. The average molecular weight is 433 g/mol. The third-order valence-corrected chi connectivity index (χ3v) is 5.29. The summed E-state index contributed by atoms with van der Waals surface area (Å²) in [5.41, 5.74) is 1.93. The second-order valence-electron chi connectivity index (χ2n) is 5.95. The first-order valence-corrected chi connectivity index (χ1v) is 10.2. The number of methoxy groups -OCH3 is 1. The molecule has 1 aromatic heterocycles. The van der Waals surface area contributed by atoms with Crippen LogP contribution >= 0.6 is 23.4 Å². The fraction of sp³-hybridized carbons (Fsp3) is 0.190. The van der Waals surface area contributed by atoms with Crippen LogP contribution in [0.4, 0.5) is 4.39 Å². The summed E-state index contributed by atoms with van der Waals surface area (Å²) in [6.45, 7) is 0.276. The number of carbonyl (C=O) groups is 1. The van der Waals surface area contributed by atoms with Crippen LogP contribution in [0.15, 0.2) is 54.9 Å². The van der Waals surface area contributed by atoms with Gasteiger partial charge >= 0.3 is 5.97 Å². The number of ether oxygens (including phenoxy) is 2. The molecule has 0 saturated heterocycles. The highest BCUT2D eigenvalue weighted by Gasteiger charge is 2.17. The number of esters is 1. The smallest absolute Gasteiger partial charge is 0.358 e. The monoisotopic (exact) mass is 432 g/mol. The third-order valence-electron chi connectivity index (χ3n) is 4.02. The molecule has 0 atom stereocenters. The van der Waals surface area contributed by atoms with Crippen LogP contribution in [0.25, 0.3) is 0 Å². The predicted molar refractivity (Wildman–Crippen MR) is 111 cm³/mol. The Balaban J connectivity index is 1.73. The van der Waals surface area contributed by atoms with Crippen molar-refractivity contribution in [2.24, 2.45) is 0 Å². The number of nitrogens with zero attached hydrogens (tertiary/aromatic N) is 2. The number of carbonyl (C=O) groups excluding carboxylic acids is 1. The summed E-state index contributed by atoms with van der Waals surface area (Å²) in [7, 11) is 1.28. The van der Waals surface area contributed by atoms with Gasteiger partial charge in [-0.2, -0.15) is 11.8 Å². The summed E-state index contributed by atoms with van der Waals surface area (Å²) >= 11 is 7.64. The van der Waals surface area contributed by atoms with Crippen LogP contribution < -0.4 is 4.74 Å². The van der Waals surface area contributed by atoms with E-state index in [1.807, 2.05) is 30.3 Å². The van der Waals surface area contributed by atoms with Gasteiger partial charge in [0.15, 0.2) is 5.69 Å². The molecule has 0 aliphatic heterocycles. The number of rotatable bonds is 8. The van der Waals surface area contributed by atoms with Crippen molar-refractivity contribution in [1.29, 1.82) is 0 Å². The highest BCUT2D eigenvalue weighted by molar-refractivity contribution is 7.97. The normalized spacial score (nSPS) is 10.6. The van der Waals surface area contributed by atoms with Gasteiger partial charge < -0.3 is 9.47 Å². The molecule has 0 aliphatic rings. The lowest BCUT2D eigenvalue weighted by Gasteiger charge is -2.14. The maximum absolute atomic E-state index is 14.5. The predicted octanol–water partition coefficient (Wildman–Crippen LogP) is 5.07. The molecule has 150 valence electrons. The first-order chi connectivity index (χ1) is 14.1. The SMILES string of the molecule is COC(=O)c1nccnc1CSCc1c(F)ccc(Cl)c1OCc1ccccc1. The van der Waals surface area contributed by atoms with E-state index in [0.29, 0.717) is 27.8 Å². The summed E-state index contributed by atoms with van der Waals surface area (Å²) in [6.07, 6.45) is 2.92. The van der Waals surface area contributed by atoms with Crippen molar-refractivity contribution in [3.63, 3.8) is 0 Å². The molecule has 8 heteroatoms. The van der Waals surface area contributed by atoms with Crippen molar-refractivity contribution < 1.29 is 18.7 Å². The molecule has 0 saturated carbocycles. The van der Waals surface area contributed by atoms with Crippen LogP contribution in [0, 0.1) is 5.82 Å². The van der Waals surface area contributed by atoms with Gasteiger partial charge in [-0.1, -0.05) is 41.9 Å². The molecule has 0 amide bonds. The quantitative estimate of drug-likeness (QED) is 0.463. The number of aromatic nitrogens is 2. The van der Waals surface area contributed by atoms with E-state index in [0.717, 1.165) is 5.56 Å². The van der Waals surface area contributed by atoms with Crippen LogP contribution in [0.2, 0.25) is 5.02 Å².